The third-order valence-electron chi connectivity index (χ3n) is 1.59. The zero-order valence-electron chi connectivity index (χ0n) is 10.8. The Morgan fingerprint density at radius 3 is 2.39 bits per heavy atom. The Morgan fingerprint density at radius 1 is 1.28 bits per heavy atom. The van der Waals surface area contributed by atoms with Crippen LogP contribution < -0.4 is 14.8 Å². The van der Waals surface area contributed by atoms with Crippen molar-refractivity contribution < 1.29 is 23.1 Å². The molecule has 0 aliphatic rings. The van der Waals surface area contributed by atoms with Gasteiger partial charge in [0, 0.05) is 19.6 Å². The molecule has 9 heteroatoms. The predicted octanol–water partition coefficient (Wildman–Crippen LogP) is -1.07. The van der Waals surface area contributed by atoms with Gasteiger partial charge in [0.05, 0.1) is 12.2 Å². The van der Waals surface area contributed by atoms with Crippen LogP contribution in [0.25, 0.3) is 0 Å². The van der Waals surface area contributed by atoms with Crippen LogP contribution in [0.15, 0.2) is 0 Å². The molecule has 0 fully saturated rings. The van der Waals surface area contributed by atoms with Gasteiger partial charge in [-0.2, -0.15) is 13.1 Å². The van der Waals surface area contributed by atoms with E-state index in [2.05, 4.69) is 14.8 Å². The first-order chi connectivity index (χ1) is 8.23. The molecule has 0 saturated carbocycles. The van der Waals surface area contributed by atoms with Gasteiger partial charge in [-0.05, 0) is 20.8 Å². The van der Waals surface area contributed by atoms with Crippen LogP contribution in [-0.4, -0.2) is 51.5 Å². The number of amides is 1. The standard InChI is InChI=1S/C9H21N3O5S/c1-7(2)17-9(14)12-18(15,16)11-5-4-10-6-8(3)13/h7-8,10-11,13H,4-6H2,1-3H3,(H,12,14). The largest absolute Gasteiger partial charge is 0.446 e. The second-order valence-electron chi connectivity index (χ2n) is 4.01. The highest BCUT2D eigenvalue weighted by atomic mass is 32.2. The van der Waals surface area contributed by atoms with E-state index in [1.54, 1.807) is 25.5 Å². The highest BCUT2D eigenvalue weighted by molar-refractivity contribution is 7.88. The van der Waals surface area contributed by atoms with Crippen LogP contribution in [0.3, 0.4) is 0 Å². The first kappa shape index (κ1) is 17.1. The van der Waals surface area contributed by atoms with Crippen molar-refractivity contribution >= 4 is 16.3 Å². The minimum Gasteiger partial charge on any atom is -0.446 e. The number of hydrogen-bond acceptors (Lipinski definition) is 6. The van der Waals surface area contributed by atoms with E-state index in [9.17, 15) is 13.2 Å². The summed E-state index contributed by atoms with van der Waals surface area (Å²) < 4.78 is 31.1. The molecule has 8 nitrogen and oxygen atoms in total. The first-order valence-electron chi connectivity index (χ1n) is 5.59. The monoisotopic (exact) mass is 283 g/mol. The summed E-state index contributed by atoms with van der Waals surface area (Å²) in [6.07, 6.45) is -1.91. The molecule has 0 radical (unpaired) electrons. The highest BCUT2D eigenvalue weighted by Crippen LogP contribution is 1.89. The average molecular weight is 283 g/mol. The molecule has 0 bridgehead atoms. The molecule has 0 spiro atoms. The number of aliphatic hydroxyl groups is 1. The van der Waals surface area contributed by atoms with Crippen molar-refractivity contribution in [3.8, 4) is 0 Å². The van der Waals surface area contributed by atoms with Crippen molar-refractivity contribution in [2.75, 3.05) is 19.6 Å². The SMILES string of the molecule is CC(O)CNCCNS(=O)(=O)NC(=O)OC(C)C. The van der Waals surface area contributed by atoms with Gasteiger partial charge in [0.15, 0.2) is 0 Å². The minimum absolute atomic E-state index is 0.0943. The smallest absolute Gasteiger partial charge is 0.422 e. The summed E-state index contributed by atoms with van der Waals surface area (Å²) in [5, 5.41) is 11.8. The van der Waals surface area contributed by atoms with E-state index in [1.807, 2.05) is 0 Å². The van der Waals surface area contributed by atoms with Crippen molar-refractivity contribution in [1.29, 1.82) is 0 Å². The van der Waals surface area contributed by atoms with Gasteiger partial charge in [-0.1, -0.05) is 0 Å². The summed E-state index contributed by atoms with van der Waals surface area (Å²) >= 11 is 0. The molecule has 0 aromatic rings. The van der Waals surface area contributed by atoms with Gasteiger partial charge in [0.2, 0.25) is 0 Å². The fourth-order valence-corrected chi connectivity index (χ4v) is 1.68. The molecule has 0 aliphatic heterocycles. The van der Waals surface area contributed by atoms with Gasteiger partial charge in [0.25, 0.3) is 0 Å². The molecular formula is C9H21N3O5S. The number of rotatable bonds is 8. The highest BCUT2D eigenvalue weighted by Gasteiger charge is 2.15. The Kier molecular flexibility index (Phi) is 7.83. The van der Waals surface area contributed by atoms with Gasteiger partial charge in [-0.15, -0.1) is 0 Å². The van der Waals surface area contributed by atoms with E-state index in [1.165, 1.54) is 0 Å². The lowest BCUT2D eigenvalue weighted by Crippen LogP contribution is -2.43. The summed E-state index contributed by atoms with van der Waals surface area (Å²) in [5.41, 5.74) is 0. The van der Waals surface area contributed by atoms with Gasteiger partial charge in [-0.3, -0.25) is 0 Å². The summed E-state index contributed by atoms with van der Waals surface area (Å²) in [5.74, 6) is 0. The molecule has 4 N–H and O–H groups in total. The Labute approximate surface area is 107 Å². The van der Waals surface area contributed by atoms with Crippen LogP contribution >= 0.6 is 0 Å². The van der Waals surface area contributed by atoms with Gasteiger partial charge < -0.3 is 15.2 Å². The summed E-state index contributed by atoms with van der Waals surface area (Å²) in [6, 6.07) is 0. The molecule has 1 unspecified atom stereocenters. The van der Waals surface area contributed by atoms with E-state index in [-0.39, 0.29) is 6.54 Å². The maximum absolute atomic E-state index is 11.3. The zero-order chi connectivity index (χ0) is 14.2. The molecule has 1 amide bonds. The maximum Gasteiger partial charge on any atom is 0.422 e. The van der Waals surface area contributed by atoms with Gasteiger partial charge in [0.1, 0.15) is 0 Å². The lowest BCUT2D eigenvalue weighted by atomic mass is 10.4. The Morgan fingerprint density at radius 2 is 1.89 bits per heavy atom. The zero-order valence-corrected chi connectivity index (χ0v) is 11.6. The Balaban J connectivity index is 3.84. The molecule has 0 aromatic carbocycles. The molecule has 0 saturated heterocycles. The fraction of sp³-hybridized carbons (Fsp3) is 0.889. The summed E-state index contributed by atoms with van der Waals surface area (Å²) in [4.78, 5) is 11.0. The van der Waals surface area contributed by atoms with E-state index in [0.29, 0.717) is 13.1 Å². The van der Waals surface area contributed by atoms with Gasteiger partial charge in [-0.25, -0.2) is 9.52 Å². The fourth-order valence-electron chi connectivity index (χ4n) is 0.969. The second-order valence-corrected chi connectivity index (χ2v) is 5.51. The molecular weight excluding hydrogens is 262 g/mol. The molecule has 18 heavy (non-hydrogen) atoms. The molecule has 0 aliphatic carbocycles. The van der Waals surface area contributed by atoms with Crippen LogP contribution in [0.4, 0.5) is 4.79 Å². The molecule has 0 rings (SSSR count). The maximum atomic E-state index is 11.3. The third kappa shape index (κ3) is 10.3. The number of aliphatic hydroxyl groups excluding tert-OH is 1. The molecule has 0 aromatic heterocycles. The van der Waals surface area contributed by atoms with E-state index in [4.69, 9.17) is 5.11 Å². The van der Waals surface area contributed by atoms with Gasteiger partial charge >= 0.3 is 16.3 Å². The number of carbonyl (C=O) groups is 1. The van der Waals surface area contributed by atoms with Crippen molar-refractivity contribution in [1.82, 2.24) is 14.8 Å². The van der Waals surface area contributed by atoms with Crippen molar-refractivity contribution in [3.05, 3.63) is 0 Å². The van der Waals surface area contributed by atoms with Crippen LogP contribution in [-0.2, 0) is 14.9 Å². The Bertz CT molecular complexity index is 342. The van der Waals surface area contributed by atoms with E-state index < -0.39 is 28.5 Å². The third-order valence-corrected chi connectivity index (χ3v) is 2.61. The average Bonchev–Trinajstić information content (AvgIpc) is 2.13. The summed E-state index contributed by atoms with van der Waals surface area (Å²) in [6.45, 7) is 5.63. The van der Waals surface area contributed by atoms with Crippen molar-refractivity contribution in [2.45, 2.75) is 33.0 Å². The molecule has 108 valence electrons. The Hall–Kier alpha value is -0.900. The van der Waals surface area contributed by atoms with E-state index >= 15 is 0 Å². The number of carbonyl (C=O) groups excluding carboxylic acids is 1. The summed E-state index contributed by atoms with van der Waals surface area (Å²) in [7, 11) is -3.90. The second kappa shape index (κ2) is 8.25. The lowest BCUT2D eigenvalue weighted by Gasteiger charge is -2.11. The van der Waals surface area contributed by atoms with Crippen LogP contribution in [0.2, 0.25) is 0 Å². The number of ether oxygens (including phenoxy) is 1. The van der Waals surface area contributed by atoms with Crippen molar-refractivity contribution in [3.63, 3.8) is 0 Å². The molecule has 1 atom stereocenters. The predicted molar refractivity (Wildman–Crippen MR) is 66.2 cm³/mol. The van der Waals surface area contributed by atoms with Crippen molar-refractivity contribution in [2.24, 2.45) is 0 Å². The first-order valence-corrected chi connectivity index (χ1v) is 7.08. The van der Waals surface area contributed by atoms with Crippen LogP contribution in [0, 0.1) is 0 Å². The number of nitrogens with one attached hydrogen (secondary N) is 3. The quantitative estimate of drug-likeness (QED) is 0.421. The van der Waals surface area contributed by atoms with Crippen LogP contribution in [0.5, 0.6) is 0 Å². The normalized spacial score (nSPS) is 13.4. The topological polar surface area (TPSA) is 117 Å². The minimum atomic E-state index is -3.90. The van der Waals surface area contributed by atoms with E-state index in [0.717, 1.165) is 0 Å². The molecule has 0 heterocycles. The number of hydrogen-bond donors (Lipinski definition) is 4. The van der Waals surface area contributed by atoms with Crippen LogP contribution in [0.1, 0.15) is 20.8 Å². The lowest BCUT2D eigenvalue weighted by molar-refractivity contribution is 0.121.